The molecule has 0 aromatic carbocycles. The van der Waals surface area contributed by atoms with Crippen LogP contribution in [-0.2, 0) is 30.7 Å². The SMILES string of the molecule is C=C1CCC[C@]2(C)C[C@H]3OC(=O)/C(=C/c4nc5c(c(=O)n(C)c(=O)n5C)n4C)[C@H]3C[C@@H]12. The van der Waals surface area contributed by atoms with E-state index in [0.29, 0.717) is 28.5 Å². The van der Waals surface area contributed by atoms with Crippen molar-refractivity contribution in [3.8, 4) is 0 Å². The van der Waals surface area contributed by atoms with Gasteiger partial charge in [0.2, 0.25) is 0 Å². The fourth-order valence-corrected chi connectivity index (χ4v) is 6.04. The van der Waals surface area contributed by atoms with Crippen molar-refractivity contribution in [2.24, 2.45) is 38.4 Å². The average molecular weight is 425 g/mol. The van der Waals surface area contributed by atoms with Crippen molar-refractivity contribution in [2.75, 3.05) is 0 Å². The molecule has 0 spiro atoms. The van der Waals surface area contributed by atoms with E-state index in [1.54, 1.807) is 24.7 Å². The number of imidazole rings is 1. The van der Waals surface area contributed by atoms with Crippen LogP contribution in [-0.4, -0.2) is 30.8 Å². The molecule has 2 aromatic heterocycles. The highest BCUT2D eigenvalue weighted by molar-refractivity contribution is 5.96. The molecule has 0 radical (unpaired) electrons. The maximum atomic E-state index is 12.8. The Balaban J connectivity index is 1.60. The van der Waals surface area contributed by atoms with Crippen LogP contribution in [0.5, 0.6) is 0 Å². The Morgan fingerprint density at radius 3 is 2.65 bits per heavy atom. The molecule has 0 unspecified atom stereocenters. The number of carbonyl (C=O) groups is 1. The van der Waals surface area contributed by atoms with Gasteiger partial charge in [-0.15, -0.1) is 0 Å². The second-order valence-electron chi connectivity index (χ2n) is 9.72. The third kappa shape index (κ3) is 2.73. The summed E-state index contributed by atoms with van der Waals surface area (Å²) in [7, 11) is 4.76. The number of hydrogen-bond acceptors (Lipinski definition) is 5. The molecule has 3 aliphatic rings. The van der Waals surface area contributed by atoms with E-state index < -0.39 is 11.2 Å². The highest BCUT2D eigenvalue weighted by atomic mass is 16.6. The van der Waals surface area contributed by atoms with Gasteiger partial charge in [-0.1, -0.05) is 19.1 Å². The molecular formula is C23H28N4O4. The van der Waals surface area contributed by atoms with Gasteiger partial charge in [0.1, 0.15) is 11.9 Å². The molecule has 8 heteroatoms. The second-order valence-corrected chi connectivity index (χ2v) is 9.72. The monoisotopic (exact) mass is 424 g/mol. The van der Waals surface area contributed by atoms with Crippen molar-refractivity contribution in [3.63, 3.8) is 0 Å². The van der Waals surface area contributed by atoms with Gasteiger partial charge >= 0.3 is 11.7 Å². The molecule has 2 aromatic rings. The third-order valence-corrected chi connectivity index (χ3v) is 7.87. The highest BCUT2D eigenvalue weighted by Crippen LogP contribution is 2.56. The standard InChI is InChI=1S/C23H28N4O4/c1-12-7-6-8-23(2)11-16-13(9-15(12)23)14(21(29)31-16)10-17-24-19-18(25(17)3)20(28)27(5)22(30)26(19)4/h10,13,15-16H,1,6-9,11H2,2-5H3/b14-10+/t13-,15+,16-,23-/m1/s1. The van der Waals surface area contributed by atoms with Crippen LogP contribution < -0.4 is 11.2 Å². The summed E-state index contributed by atoms with van der Waals surface area (Å²) < 4.78 is 9.87. The van der Waals surface area contributed by atoms with E-state index >= 15 is 0 Å². The number of nitrogens with zero attached hydrogens (tertiary/aromatic N) is 4. The molecule has 1 saturated heterocycles. The lowest BCUT2D eigenvalue weighted by Gasteiger charge is -2.49. The molecule has 3 heterocycles. The minimum atomic E-state index is -0.433. The number of hydrogen-bond donors (Lipinski definition) is 0. The molecule has 0 N–H and O–H groups in total. The van der Waals surface area contributed by atoms with Gasteiger partial charge in [0.15, 0.2) is 11.2 Å². The van der Waals surface area contributed by atoms with Crippen molar-refractivity contribution in [1.29, 1.82) is 0 Å². The lowest BCUT2D eigenvalue weighted by atomic mass is 9.56. The van der Waals surface area contributed by atoms with Gasteiger partial charge in [0.05, 0.1) is 0 Å². The van der Waals surface area contributed by atoms with Crippen LogP contribution in [0.1, 0.15) is 44.9 Å². The molecule has 4 atom stereocenters. The molecule has 2 saturated carbocycles. The number of rotatable bonds is 1. The summed E-state index contributed by atoms with van der Waals surface area (Å²) in [4.78, 5) is 42.3. The summed E-state index contributed by atoms with van der Waals surface area (Å²) in [6, 6.07) is 0. The summed E-state index contributed by atoms with van der Waals surface area (Å²) >= 11 is 0. The van der Waals surface area contributed by atoms with Gasteiger partial charge in [0, 0.05) is 32.6 Å². The highest BCUT2D eigenvalue weighted by Gasteiger charge is 2.53. The van der Waals surface area contributed by atoms with Gasteiger partial charge in [-0.05, 0) is 49.5 Å². The number of esters is 1. The van der Waals surface area contributed by atoms with Gasteiger partial charge < -0.3 is 9.30 Å². The summed E-state index contributed by atoms with van der Waals surface area (Å²) in [5.41, 5.74) is 1.82. The lowest BCUT2D eigenvalue weighted by molar-refractivity contribution is -0.142. The molecule has 3 fully saturated rings. The van der Waals surface area contributed by atoms with Crippen molar-refractivity contribution >= 4 is 23.2 Å². The minimum absolute atomic E-state index is 0.00751. The average Bonchev–Trinajstić information content (AvgIpc) is 3.20. The Morgan fingerprint density at radius 2 is 1.90 bits per heavy atom. The minimum Gasteiger partial charge on any atom is -0.458 e. The van der Waals surface area contributed by atoms with Crippen molar-refractivity contribution in [1.82, 2.24) is 18.7 Å². The zero-order valence-electron chi connectivity index (χ0n) is 18.5. The third-order valence-electron chi connectivity index (χ3n) is 7.87. The zero-order valence-corrected chi connectivity index (χ0v) is 18.5. The Kier molecular flexibility index (Phi) is 4.23. The van der Waals surface area contributed by atoms with E-state index in [1.165, 1.54) is 17.2 Å². The van der Waals surface area contributed by atoms with E-state index in [9.17, 15) is 14.4 Å². The Bertz CT molecular complexity index is 1290. The fraction of sp³-hybridized carbons (Fsp3) is 0.565. The lowest BCUT2D eigenvalue weighted by Crippen LogP contribution is -2.43. The molecule has 1 aliphatic heterocycles. The maximum Gasteiger partial charge on any atom is 0.334 e. The van der Waals surface area contributed by atoms with Gasteiger partial charge in [0.25, 0.3) is 5.56 Å². The largest absolute Gasteiger partial charge is 0.458 e. The summed E-state index contributed by atoms with van der Waals surface area (Å²) in [5, 5.41) is 0. The number of ether oxygens (including phenoxy) is 1. The first-order valence-electron chi connectivity index (χ1n) is 10.8. The van der Waals surface area contributed by atoms with Crippen molar-refractivity contribution in [3.05, 3.63) is 44.4 Å². The number of aryl methyl sites for hydroxylation is 2. The van der Waals surface area contributed by atoms with Crippen LogP contribution in [0.25, 0.3) is 17.2 Å². The molecule has 0 amide bonds. The molecule has 0 bridgehead atoms. The van der Waals surface area contributed by atoms with E-state index in [0.717, 1.165) is 36.7 Å². The van der Waals surface area contributed by atoms with Crippen LogP contribution in [0, 0.1) is 17.3 Å². The summed E-state index contributed by atoms with van der Waals surface area (Å²) in [5.74, 6) is 0.536. The van der Waals surface area contributed by atoms with Crippen LogP contribution in [0.2, 0.25) is 0 Å². The van der Waals surface area contributed by atoms with E-state index in [-0.39, 0.29) is 23.4 Å². The van der Waals surface area contributed by atoms with Crippen molar-refractivity contribution in [2.45, 2.75) is 45.1 Å². The fourth-order valence-electron chi connectivity index (χ4n) is 6.04. The molecule has 2 aliphatic carbocycles. The predicted molar refractivity (Wildman–Crippen MR) is 116 cm³/mol. The quantitative estimate of drug-likeness (QED) is 0.397. The normalized spacial score (nSPS) is 31.7. The second kappa shape index (κ2) is 6.55. The molecule has 8 nitrogen and oxygen atoms in total. The first-order chi connectivity index (χ1) is 14.6. The van der Waals surface area contributed by atoms with Gasteiger partial charge in [-0.25, -0.2) is 14.6 Å². The van der Waals surface area contributed by atoms with Gasteiger partial charge in [-0.2, -0.15) is 0 Å². The molecule has 164 valence electrons. The van der Waals surface area contributed by atoms with E-state index in [2.05, 4.69) is 18.5 Å². The predicted octanol–water partition coefficient (Wildman–Crippen LogP) is 2.05. The zero-order chi connectivity index (χ0) is 22.2. The van der Waals surface area contributed by atoms with E-state index in [1.807, 2.05) is 0 Å². The number of aromatic nitrogens is 4. The first kappa shape index (κ1) is 20.0. The number of carbonyl (C=O) groups excluding carboxylic acids is 1. The van der Waals surface area contributed by atoms with Crippen LogP contribution in [0.4, 0.5) is 0 Å². The summed E-state index contributed by atoms with van der Waals surface area (Å²) in [6.07, 6.45) is 6.65. The van der Waals surface area contributed by atoms with Crippen LogP contribution in [0.3, 0.4) is 0 Å². The van der Waals surface area contributed by atoms with Crippen LogP contribution in [0.15, 0.2) is 27.3 Å². The van der Waals surface area contributed by atoms with E-state index in [4.69, 9.17) is 4.74 Å². The topological polar surface area (TPSA) is 88.1 Å². The van der Waals surface area contributed by atoms with Crippen LogP contribution >= 0.6 is 0 Å². The first-order valence-corrected chi connectivity index (χ1v) is 10.8. The van der Waals surface area contributed by atoms with Gasteiger partial charge in [-0.3, -0.25) is 13.9 Å². The maximum absolute atomic E-state index is 12.8. The molecular weight excluding hydrogens is 396 g/mol. The Hall–Kier alpha value is -2.90. The summed E-state index contributed by atoms with van der Waals surface area (Å²) in [6.45, 7) is 6.63. The Labute approximate surface area is 179 Å². The molecule has 5 rings (SSSR count). The smallest absolute Gasteiger partial charge is 0.334 e. The number of allylic oxidation sites excluding steroid dienone is 1. The Morgan fingerprint density at radius 1 is 1.16 bits per heavy atom. The number of fused-ring (bicyclic) bond motifs is 3. The van der Waals surface area contributed by atoms with Crippen molar-refractivity contribution < 1.29 is 9.53 Å². The molecule has 31 heavy (non-hydrogen) atoms.